The molecule has 0 fully saturated rings. The Labute approximate surface area is 88.9 Å². The largest absolute Gasteiger partial charge is 0.469 e. The van der Waals surface area contributed by atoms with Gasteiger partial charge in [0, 0.05) is 18.8 Å². The van der Waals surface area contributed by atoms with Gasteiger partial charge in [-0.1, -0.05) is 0 Å². The molecule has 5 heteroatoms. The van der Waals surface area contributed by atoms with E-state index >= 15 is 0 Å². The van der Waals surface area contributed by atoms with E-state index in [1.807, 2.05) is 13.0 Å². The molecule has 5 nitrogen and oxygen atoms in total. The number of ether oxygens (including phenoxy) is 1. The smallest absolute Gasteiger partial charge is 0.307 e. The van der Waals surface area contributed by atoms with Crippen molar-refractivity contribution in [3.63, 3.8) is 0 Å². The standard InChI is InChI=1S/C10H15N3O2/c1-8(5-10(14)15-2)12-6-9-3-4-11-7-13-9/h3-4,7-8,12H,5-6H2,1-2H3. The van der Waals surface area contributed by atoms with Gasteiger partial charge in [-0.05, 0) is 13.0 Å². The van der Waals surface area contributed by atoms with Gasteiger partial charge in [-0.2, -0.15) is 0 Å². The highest BCUT2D eigenvalue weighted by Crippen LogP contribution is 1.96. The third kappa shape index (κ3) is 4.51. The van der Waals surface area contributed by atoms with Crippen LogP contribution in [0.4, 0.5) is 0 Å². The summed E-state index contributed by atoms with van der Waals surface area (Å²) in [5.74, 6) is -0.210. The Hall–Kier alpha value is -1.49. The quantitative estimate of drug-likeness (QED) is 0.716. The monoisotopic (exact) mass is 209 g/mol. The molecule has 1 atom stereocenters. The Kier molecular flexibility index (Phi) is 4.70. The third-order valence-electron chi connectivity index (χ3n) is 1.98. The number of esters is 1. The maximum Gasteiger partial charge on any atom is 0.307 e. The number of rotatable bonds is 5. The van der Waals surface area contributed by atoms with E-state index in [0.717, 1.165) is 5.69 Å². The number of aromatic nitrogens is 2. The molecule has 0 saturated heterocycles. The number of carbonyl (C=O) groups is 1. The van der Waals surface area contributed by atoms with Crippen LogP contribution < -0.4 is 5.32 Å². The van der Waals surface area contributed by atoms with Crippen LogP contribution in [0.25, 0.3) is 0 Å². The minimum atomic E-state index is -0.210. The van der Waals surface area contributed by atoms with Crippen LogP contribution in [0.5, 0.6) is 0 Å². The molecule has 0 bridgehead atoms. The van der Waals surface area contributed by atoms with Crippen molar-refractivity contribution < 1.29 is 9.53 Å². The van der Waals surface area contributed by atoms with Crippen molar-refractivity contribution in [3.8, 4) is 0 Å². The number of methoxy groups -OCH3 is 1. The van der Waals surface area contributed by atoms with Crippen LogP contribution >= 0.6 is 0 Å². The molecule has 1 unspecified atom stereocenters. The molecule has 0 aliphatic rings. The lowest BCUT2D eigenvalue weighted by Crippen LogP contribution is -2.28. The summed E-state index contributed by atoms with van der Waals surface area (Å²) in [7, 11) is 1.39. The van der Waals surface area contributed by atoms with Gasteiger partial charge in [-0.3, -0.25) is 4.79 Å². The number of hydrogen-bond acceptors (Lipinski definition) is 5. The van der Waals surface area contributed by atoms with E-state index in [0.29, 0.717) is 13.0 Å². The average molecular weight is 209 g/mol. The maximum absolute atomic E-state index is 10.9. The van der Waals surface area contributed by atoms with Crippen molar-refractivity contribution >= 4 is 5.97 Å². The number of hydrogen-bond donors (Lipinski definition) is 1. The van der Waals surface area contributed by atoms with Crippen LogP contribution in [-0.4, -0.2) is 29.1 Å². The summed E-state index contributed by atoms with van der Waals surface area (Å²) in [6, 6.07) is 1.91. The lowest BCUT2D eigenvalue weighted by molar-refractivity contribution is -0.141. The fourth-order valence-electron chi connectivity index (χ4n) is 1.11. The van der Waals surface area contributed by atoms with Gasteiger partial charge < -0.3 is 10.1 Å². The average Bonchev–Trinajstić information content (AvgIpc) is 2.27. The Morgan fingerprint density at radius 1 is 1.67 bits per heavy atom. The molecule has 0 amide bonds. The fourth-order valence-corrected chi connectivity index (χ4v) is 1.11. The van der Waals surface area contributed by atoms with Gasteiger partial charge in [0.05, 0.1) is 19.2 Å². The topological polar surface area (TPSA) is 64.1 Å². The molecule has 0 aliphatic carbocycles. The van der Waals surface area contributed by atoms with E-state index in [4.69, 9.17) is 0 Å². The van der Waals surface area contributed by atoms with E-state index in [-0.39, 0.29) is 12.0 Å². The van der Waals surface area contributed by atoms with E-state index in [2.05, 4.69) is 20.0 Å². The van der Waals surface area contributed by atoms with Gasteiger partial charge in [0.25, 0.3) is 0 Å². The zero-order valence-electron chi connectivity index (χ0n) is 8.93. The second kappa shape index (κ2) is 6.08. The molecule has 82 valence electrons. The molecule has 0 spiro atoms. The van der Waals surface area contributed by atoms with Crippen molar-refractivity contribution in [1.82, 2.24) is 15.3 Å². The molecule has 0 saturated carbocycles. The molecule has 0 aromatic carbocycles. The summed E-state index contributed by atoms with van der Waals surface area (Å²) in [5, 5.41) is 3.17. The predicted octanol–water partition coefficient (Wildman–Crippen LogP) is 0.518. The van der Waals surface area contributed by atoms with Crippen molar-refractivity contribution in [2.45, 2.75) is 25.9 Å². The molecule has 1 heterocycles. The fraction of sp³-hybridized carbons (Fsp3) is 0.500. The van der Waals surface area contributed by atoms with Gasteiger partial charge in [0.15, 0.2) is 0 Å². The maximum atomic E-state index is 10.9. The number of nitrogens with zero attached hydrogens (tertiary/aromatic N) is 2. The first-order valence-electron chi connectivity index (χ1n) is 4.77. The molecule has 15 heavy (non-hydrogen) atoms. The Morgan fingerprint density at radius 2 is 2.47 bits per heavy atom. The molecule has 1 aromatic heterocycles. The number of nitrogens with one attached hydrogen (secondary N) is 1. The minimum absolute atomic E-state index is 0.0763. The molecule has 1 aromatic rings. The first kappa shape index (κ1) is 11.6. The lowest BCUT2D eigenvalue weighted by Gasteiger charge is -2.11. The first-order valence-corrected chi connectivity index (χ1v) is 4.77. The van der Waals surface area contributed by atoms with E-state index in [1.54, 1.807) is 6.20 Å². The summed E-state index contributed by atoms with van der Waals surface area (Å²) in [4.78, 5) is 18.8. The zero-order valence-corrected chi connectivity index (χ0v) is 8.93. The van der Waals surface area contributed by atoms with Crippen molar-refractivity contribution in [3.05, 3.63) is 24.3 Å². The summed E-state index contributed by atoms with van der Waals surface area (Å²) in [5.41, 5.74) is 0.904. The predicted molar refractivity (Wildman–Crippen MR) is 55.0 cm³/mol. The first-order chi connectivity index (χ1) is 7.22. The molecule has 0 radical (unpaired) electrons. The molecule has 1 rings (SSSR count). The SMILES string of the molecule is COC(=O)CC(C)NCc1ccncn1. The van der Waals surface area contributed by atoms with Crippen molar-refractivity contribution in [2.75, 3.05) is 7.11 Å². The molecular weight excluding hydrogens is 194 g/mol. The van der Waals surface area contributed by atoms with Crippen LogP contribution in [0, 0.1) is 0 Å². The van der Waals surface area contributed by atoms with Gasteiger partial charge in [0.1, 0.15) is 6.33 Å². The molecular formula is C10H15N3O2. The van der Waals surface area contributed by atoms with Crippen LogP contribution in [0.15, 0.2) is 18.6 Å². The van der Waals surface area contributed by atoms with Gasteiger partial charge in [0.2, 0.25) is 0 Å². The lowest BCUT2D eigenvalue weighted by atomic mass is 10.2. The molecule has 0 aliphatic heterocycles. The Bertz CT molecular complexity index is 303. The normalized spacial score (nSPS) is 12.1. The minimum Gasteiger partial charge on any atom is -0.469 e. The van der Waals surface area contributed by atoms with Gasteiger partial charge in [-0.25, -0.2) is 9.97 Å². The van der Waals surface area contributed by atoms with Gasteiger partial charge >= 0.3 is 5.97 Å². The number of carbonyl (C=O) groups excluding carboxylic acids is 1. The summed E-state index contributed by atoms with van der Waals surface area (Å²) >= 11 is 0. The van der Waals surface area contributed by atoms with Crippen LogP contribution in [0.1, 0.15) is 19.0 Å². The van der Waals surface area contributed by atoms with E-state index in [1.165, 1.54) is 13.4 Å². The highest BCUT2D eigenvalue weighted by atomic mass is 16.5. The summed E-state index contributed by atoms with van der Waals surface area (Å²) in [6.07, 6.45) is 3.55. The van der Waals surface area contributed by atoms with E-state index in [9.17, 15) is 4.79 Å². The highest BCUT2D eigenvalue weighted by molar-refractivity contribution is 5.69. The van der Waals surface area contributed by atoms with Crippen LogP contribution in [-0.2, 0) is 16.1 Å². The second-order valence-corrected chi connectivity index (χ2v) is 3.26. The molecule has 1 N–H and O–H groups in total. The van der Waals surface area contributed by atoms with Gasteiger partial charge in [-0.15, -0.1) is 0 Å². The van der Waals surface area contributed by atoms with Crippen LogP contribution in [0.3, 0.4) is 0 Å². The Morgan fingerprint density at radius 3 is 3.07 bits per heavy atom. The second-order valence-electron chi connectivity index (χ2n) is 3.26. The zero-order chi connectivity index (χ0) is 11.1. The summed E-state index contributed by atoms with van der Waals surface area (Å²) < 4.78 is 4.57. The van der Waals surface area contributed by atoms with Crippen molar-refractivity contribution in [1.29, 1.82) is 0 Å². The highest BCUT2D eigenvalue weighted by Gasteiger charge is 2.08. The summed E-state index contributed by atoms with van der Waals surface area (Å²) in [6.45, 7) is 2.55. The third-order valence-corrected chi connectivity index (χ3v) is 1.98. The van der Waals surface area contributed by atoms with E-state index < -0.39 is 0 Å². The van der Waals surface area contributed by atoms with Crippen molar-refractivity contribution in [2.24, 2.45) is 0 Å². The Balaban J connectivity index is 2.28. The van der Waals surface area contributed by atoms with Crippen LogP contribution in [0.2, 0.25) is 0 Å².